The van der Waals surface area contributed by atoms with Gasteiger partial charge in [-0.3, -0.25) is 9.59 Å². The van der Waals surface area contributed by atoms with Crippen LogP contribution in [0.4, 0.5) is 0 Å². The van der Waals surface area contributed by atoms with Crippen LogP contribution in [0.2, 0.25) is 0 Å². The molecule has 178 valence electrons. The molecule has 0 radical (unpaired) electrons. The summed E-state index contributed by atoms with van der Waals surface area (Å²) in [5.41, 5.74) is 4.09. The molecule has 0 unspecified atom stereocenters. The van der Waals surface area contributed by atoms with Crippen molar-refractivity contribution in [3.63, 3.8) is 0 Å². The molecule has 2 amide bonds. The van der Waals surface area contributed by atoms with Crippen LogP contribution in [-0.4, -0.2) is 35.4 Å². The zero-order valence-electron chi connectivity index (χ0n) is 20.5. The lowest BCUT2D eigenvalue weighted by atomic mass is 10.0. The van der Waals surface area contributed by atoms with Crippen molar-refractivity contribution in [3.05, 3.63) is 101 Å². The van der Waals surface area contributed by atoms with E-state index in [0.29, 0.717) is 18.7 Å². The summed E-state index contributed by atoms with van der Waals surface area (Å²) in [6.07, 6.45) is 0.418. The number of aryl methyl sites for hydroxylation is 2. The van der Waals surface area contributed by atoms with E-state index in [1.54, 1.807) is 4.90 Å². The third-order valence-electron chi connectivity index (χ3n) is 5.46. The number of rotatable bonds is 10. The Morgan fingerprint density at radius 2 is 1.41 bits per heavy atom. The van der Waals surface area contributed by atoms with E-state index in [4.69, 9.17) is 4.74 Å². The summed E-state index contributed by atoms with van der Waals surface area (Å²) in [6.45, 7) is 8.01. The van der Waals surface area contributed by atoms with E-state index in [2.05, 4.69) is 11.4 Å². The van der Waals surface area contributed by atoms with Crippen LogP contribution >= 0.6 is 0 Å². The first-order valence-electron chi connectivity index (χ1n) is 11.7. The number of nitrogens with zero attached hydrogens (tertiary/aromatic N) is 1. The standard InChI is InChI=1S/C29H34N2O3/c1-21(2)30-29(33)27(18-24-11-7-5-8-12-24)31(19-25-13-9-6-10-14-25)28(32)20-34-26-16-22(3)15-23(4)17-26/h5-17,21,27H,18-20H2,1-4H3,(H,30,33)/t27-/m1/s1. The van der Waals surface area contributed by atoms with Crippen molar-refractivity contribution < 1.29 is 14.3 Å². The van der Waals surface area contributed by atoms with Crippen molar-refractivity contribution in [3.8, 4) is 5.75 Å². The van der Waals surface area contributed by atoms with Crippen molar-refractivity contribution in [2.24, 2.45) is 0 Å². The summed E-state index contributed by atoms with van der Waals surface area (Å²) < 4.78 is 5.89. The highest BCUT2D eigenvalue weighted by atomic mass is 16.5. The number of benzene rings is 3. The first-order valence-corrected chi connectivity index (χ1v) is 11.7. The molecule has 0 saturated heterocycles. The van der Waals surface area contributed by atoms with E-state index in [1.807, 2.05) is 100 Å². The van der Waals surface area contributed by atoms with Crippen molar-refractivity contribution in [1.82, 2.24) is 10.2 Å². The van der Waals surface area contributed by atoms with Crippen molar-refractivity contribution in [2.45, 2.75) is 52.7 Å². The number of carbonyl (C=O) groups is 2. The Hall–Kier alpha value is -3.60. The Bertz CT molecular complexity index is 1060. The van der Waals surface area contributed by atoms with E-state index in [0.717, 1.165) is 22.3 Å². The smallest absolute Gasteiger partial charge is 0.261 e. The molecule has 0 aromatic heterocycles. The predicted octanol–water partition coefficient (Wildman–Crippen LogP) is 4.85. The van der Waals surface area contributed by atoms with Crippen LogP contribution in [0.5, 0.6) is 5.75 Å². The third kappa shape index (κ3) is 7.48. The van der Waals surface area contributed by atoms with E-state index in [9.17, 15) is 9.59 Å². The number of amides is 2. The molecule has 0 fully saturated rings. The quantitative estimate of drug-likeness (QED) is 0.473. The molecule has 0 aliphatic rings. The van der Waals surface area contributed by atoms with E-state index < -0.39 is 6.04 Å². The highest BCUT2D eigenvalue weighted by molar-refractivity contribution is 5.88. The maximum Gasteiger partial charge on any atom is 0.261 e. The minimum Gasteiger partial charge on any atom is -0.484 e. The van der Waals surface area contributed by atoms with Gasteiger partial charge in [0.2, 0.25) is 5.91 Å². The van der Waals surface area contributed by atoms with Gasteiger partial charge in [0, 0.05) is 19.0 Å². The number of hydrogen-bond acceptors (Lipinski definition) is 3. The van der Waals surface area contributed by atoms with Gasteiger partial charge in [-0.15, -0.1) is 0 Å². The summed E-state index contributed by atoms with van der Waals surface area (Å²) in [5, 5.41) is 3.00. The van der Waals surface area contributed by atoms with E-state index in [1.165, 1.54) is 0 Å². The van der Waals surface area contributed by atoms with Crippen LogP contribution in [0.25, 0.3) is 0 Å². The molecule has 1 atom stereocenters. The molecule has 0 saturated carbocycles. The fourth-order valence-electron chi connectivity index (χ4n) is 3.96. The predicted molar refractivity (Wildman–Crippen MR) is 136 cm³/mol. The zero-order valence-corrected chi connectivity index (χ0v) is 20.5. The molecular formula is C29H34N2O3. The normalized spacial score (nSPS) is 11.7. The summed E-state index contributed by atoms with van der Waals surface area (Å²) in [5.74, 6) is 0.245. The molecule has 3 aromatic rings. The molecule has 0 aliphatic carbocycles. The molecule has 3 aromatic carbocycles. The summed E-state index contributed by atoms with van der Waals surface area (Å²) in [6, 6.07) is 24.7. The summed E-state index contributed by atoms with van der Waals surface area (Å²) in [7, 11) is 0. The van der Waals surface area contributed by atoms with Crippen LogP contribution in [0.1, 0.15) is 36.1 Å². The lowest BCUT2D eigenvalue weighted by Crippen LogP contribution is -2.52. The monoisotopic (exact) mass is 458 g/mol. The molecule has 34 heavy (non-hydrogen) atoms. The van der Waals surface area contributed by atoms with Crippen molar-refractivity contribution >= 4 is 11.8 Å². The Morgan fingerprint density at radius 3 is 1.97 bits per heavy atom. The second kappa shape index (κ2) is 12.0. The van der Waals surface area contributed by atoms with Crippen molar-refractivity contribution in [1.29, 1.82) is 0 Å². The second-order valence-electron chi connectivity index (χ2n) is 8.99. The lowest BCUT2D eigenvalue weighted by molar-refractivity contribution is -0.143. The third-order valence-corrected chi connectivity index (χ3v) is 5.46. The fourth-order valence-corrected chi connectivity index (χ4v) is 3.96. The Balaban J connectivity index is 1.89. The van der Waals surface area contributed by atoms with Gasteiger partial charge >= 0.3 is 0 Å². The zero-order chi connectivity index (χ0) is 24.5. The van der Waals surface area contributed by atoms with Crippen LogP contribution in [0, 0.1) is 13.8 Å². The molecule has 0 heterocycles. The van der Waals surface area contributed by atoms with Gasteiger partial charge in [-0.2, -0.15) is 0 Å². The van der Waals surface area contributed by atoms with Gasteiger partial charge in [-0.1, -0.05) is 66.7 Å². The maximum absolute atomic E-state index is 13.5. The average Bonchev–Trinajstić information content (AvgIpc) is 2.80. The van der Waals surface area contributed by atoms with E-state index in [-0.39, 0.29) is 24.5 Å². The SMILES string of the molecule is Cc1cc(C)cc(OCC(=O)N(Cc2ccccc2)[C@H](Cc2ccccc2)C(=O)NC(C)C)c1. The van der Waals surface area contributed by atoms with Crippen LogP contribution in [0.15, 0.2) is 78.9 Å². The van der Waals surface area contributed by atoms with Gasteiger partial charge in [0.1, 0.15) is 11.8 Å². The molecule has 0 spiro atoms. The Kier molecular flexibility index (Phi) is 8.86. The second-order valence-corrected chi connectivity index (χ2v) is 8.99. The lowest BCUT2D eigenvalue weighted by Gasteiger charge is -2.32. The maximum atomic E-state index is 13.5. The number of hydrogen-bond donors (Lipinski definition) is 1. The Morgan fingerprint density at radius 1 is 0.853 bits per heavy atom. The average molecular weight is 459 g/mol. The molecule has 3 rings (SSSR count). The number of ether oxygens (including phenoxy) is 1. The van der Waals surface area contributed by atoms with Gasteiger partial charge in [0.25, 0.3) is 5.91 Å². The van der Waals surface area contributed by atoms with Crippen LogP contribution < -0.4 is 10.1 Å². The molecule has 5 heteroatoms. The minimum atomic E-state index is -0.666. The Labute approximate surface area is 202 Å². The molecule has 0 bridgehead atoms. The first kappa shape index (κ1) is 25.0. The largest absolute Gasteiger partial charge is 0.484 e. The van der Waals surface area contributed by atoms with Gasteiger partial charge in [0.05, 0.1) is 0 Å². The molecule has 0 aliphatic heterocycles. The highest BCUT2D eigenvalue weighted by Gasteiger charge is 2.31. The van der Waals surface area contributed by atoms with Gasteiger partial charge < -0.3 is 15.0 Å². The molecule has 1 N–H and O–H groups in total. The van der Waals surface area contributed by atoms with Crippen LogP contribution in [-0.2, 0) is 22.6 Å². The first-order chi connectivity index (χ1) is 16.3. The minimum absolute atomic E-state index is 0.0361. The number of carbonyl (C=O) groups excluding carboxylic acids is 2. The summed E-state index contributed by atoms with van der Waals surface area (Å²) in [4.78, 5) is 28.5. The van der Waals surface area contributed by atoms with Gasteiger partial charge in [-0.25, -0.2) is 0 Å². The van der Waals surface area contributed by atoms with Crippen molar-refractivity contribution in [2.75, 3.05) is 6.61 Å². The molecular weight excluding hydrogens is 424 g/mol. The highest BCUT2D eigenvalue weighted by Crippen LogP contribution is 2.18. The van der Waals surface area contributed by atoms with Gasteiger partial charge in [0.15, 0.2) is 6.61 Å². The fraction of sp³-hybridized carbons (Fsp3) is 0.310. The topological polar surface area (TPSA) is 58.6 Å². The van der Waals surface area contributed by atoms with Gasteiger partial charge in [-0.05, 0) is 62.1 Å². The summed E-state index contributed by atoms with van der Waals surface area (Å²) >= 11 is 0. The number of nitrogens with one attached hydrogen (secondary N) is 1. The van der Waals surface area contributed by atoms with Crippen LogP contribution in [0.3, 0.4) is 0 Å². The van der Waals surface area contributed by atoms with E-state index >= 15 is 0 Å². The molecule has 5 nitrogen and oxygen atoms in total.